The number of benzene rings is 2. The Morgan fingerprint density at radius 3 is 2.05 bits per heavy atom. The molecular formula is C30H31NO6. The molecule has 2 heterocycles. The van der Waals surface area contributed by atoms with Crippen LogP contribution in [0.2, 0.25) is 0 Å². The van der Waals surface area contributed by atoms with Crippen molar-refractivity contribution in [2.45, 2.75) is 36.9 Å². The molecule has 1 spiro atoms. The van der Waals surface area contributed by atoms with Gasteiger partial charge in [0.05, 0.1) is 34.5 Å². The number of carbonyl (C=O) groups is 1. The van der Waals surface area contributed by atoms with Crippen molar-refractivity contribution >= 4 is 11.9 Å². The number of rotatable bonds is 7. The lowest BCUT2D eigenvalue weighted by atomic mass is 9.82. The van der Waals surface area contributed by atoms with Gasteiger partial charge in [-0.1, -0.05) is 12.1 Å². The summed E-state index contributed by atoms with van der Waals surface area (Å²) in [5, 5.41) is 0. The Balaban J connectivity index is 1.55. The first kappa shape index (κ1) is 24.8. The lowest BCUT2D eigenvalue weighted by molar-refractivity contribution is -0.138. The van der Waals surface area contributed by atoms with Crippen LogP contribution in [0.5, 0.6) is 23.0 Å². The van der Waals surface area contributed by atoms with E-state index in [2.05, 4.69) is 4.98 Å². The molecule has 2 aliphatic rings. The molecule has 0 N–H and O–H groups in total. The number of carbonyl (C=O) groups excluding carboxylic acids is 1. The van der Waals surface area contributed by atoms with Crippen molar-refractivity contribution in [3.05, 3.63) is 83.2 Å². The molecule has 1 aliphatic carbocycles. The summed E-state index contributed by atoms with van der Waals surface area (Å²) in [4.78, 5) is 18.2. The summed E-state index contributed by atoms with van der Waals surface area (Å²) in [5.41, 5.74) is 2.66. The number of ketones is 1. The lowest BCUT2D eigenvalue weighted by Crippen LogP contribution is -2.38. The van der Waals surface area contributed by atoms with Gasteiger partial charge in [-0.25, -0.2) is 0 Å². The van der Waals surface area contributed by atoms with Gasteiger partial charge in [-0.05, 0) is 84.0 Å². The summed E-state index contributed by atoms with van der Waals surface area (Å²) in [6, 6.07) is 15.4. The number of Topliss-reactive ketones (excluding diaryl/α,β-unsaturated/α-hetero) is 1. The van der Waals surface area contributed by atoms with Crippen molar-refractivity contribution in [3.63, 3.8) is 0 Å². The van der Waals surface area contributed by atoms with Gasteiger partial charge in [-0.3, -0.25) is 9.78 Å². The Labute approximate surface area is 217 Å². The second kappa shape index (κ2) is 10.3. The molecule has 0 amide bonds. The van der Waals surface area contributed by atoms with Gasteiger partial charge in [0.2, 0.25) is 0 Å². The maximum Gasteiger partial charge on any atom is 0.191 e. The normalized spacial score (nSPS) is 24.0. The van der Waals surface area contributed by atoms with Crippen LogP contribution >= 0.6 is 0 Å². The highest BCUT2D eigenvalue weighted by molar-refractivity contribution is 6.09. The van der Waals surface area contributed by atoms with E-state index in [1.165, 1.54) is 0 Å². The standard InChI is InChI=1S/C30H31NO6/c1-33-25-7-5-20(17-27(25)35-3)23-16-22(15-19-10-13-31-14-11-19)29(32)30(23)12-9-24(37-30)21-6-8-26(34-2)28(18-21)36-4/h5-8,10-11,13-15,17-18,23-24H,9,12,16H2,1-4H3. The van der Waals surface area contributed by atoms with Crippen molar-refractivity contribution in [3.8, 4) is 23.0 Å². The van der Waals surface area contributed by atoms with E-state index in [4.69, 9.17) is 23.7 Å². The minimum atomic E-state index is -0.976. The van der Waals surface area contributed by atoms with Gasteiger partial charge < -0.3 is 23.7 Å². The third-order valence-electron chi connectivity index (χ3n) is 7.43. The fourth-order valence-corrected chi connectivity index (χ4v) is 5.58. The molecule has 1 saturated carbocycles. The predicted molar refractivity (Wildman–Crippen MR) is 139 cm³/mol. The molecule has 1 saturated heterocycles. The Morgan fingerprint density at radius 2 is 1.43 bits per heavy atom. The number of aromatic nitrogens is 1. The van der Waals surface area contributed by atoms with Gasteiger partial charge in [0, 0.05) is 18.3 Å². The number of hydrogen-bond donors (Lipinski definition) is 0. The zero-order valence-electron chi connectivity index (χ0n) is 21.5. The highest BCUT2D eigenvalue weighted by Crippen LogP contribution is 2.56. The largest absolute Gasteiger partial charge is 0.493 e. The first-order valence-corrected chi connectivity index (χ1v) is 12.3. The summed E-state index contributed by atoms with van der Waals surface area (Å²) in [6.45, 7) is 0. The average molecular weight is 502 g/mol. The summed E-state index contributed by atoms with van der Waals surface area (Å²) in [6.07, 6.45) is 7.06. The molecule has 0 bridgehead atoms. The van der Waals surface area contributed by atoms with Crippen molar-refractivity contribution in [1.29, 1.82) is 0 Å². The van der Waals surface area contributed by atoms with Crippen LogP contribution in [0.3, 0.4) is 0 Å². The van der Waals surface area contributed by atoms with E-state index in [0.717, 1.165) is 22.3 Å². The van der Waals surface area contributed by atoms with Crippen LogP contribution in [-0.2, 0) is 9.53 Å². The molecule has 3 unspecified atom stereocenters. The van der Waals surface area contributed by atoms with E-state index in [-0.39, 0.29) is 17.8 Å². The third kappa shape index (κ3) is 4.44. The highest BCUT2D eigenvalue weighted by Gasteiger charge is 2.58. The number of nitrogens with zero attached hydrogens (tertiary/aromatic N) is 1. The number of pyridine rings is 1. The Bertz CT molecular complexity index is 1320. The fraction of sp³-hybridized carbons (Fsp3) is 0.333. The van der Waals surface area contributed by atoms with E-state index in [1.807, 2.05) is 54.6 Å². The quantitative estimate of drug-likeness (QED) is 0.393. The van der Waals surface area contributed by atoms with Crippen LogP contribution in [0.25, 0.3) is 6.08 Å². The molecule has 7 heteroatoms. The van der Waals surface area contributed by atoms with Crippen molar-refractivity contribution in [1.82, 2.24) is 4.98 Å². The monoisotopic (exact) mass is 501 g/mol. The topological polar surface area (TPSA) is 76.1 Å². The molecule has 1 aliphatic heterocycles. The molecule has 3 atom stereocenters. The molecule has 7 nitrogen and oxygen atoms in total. The Hall–Kier alpha value is -3.84. The molecule has 2 aromatic carbocycles. The molecule has 37 heavy (non-hydrogen) atoms. The number of ether oxygens (including phenoxy) is 5. The van der Waals surface area contributed by atoms with Crippen molar-refractivity contribution < 1.29 is 28.5 Å². The molecule has 3 aromatic rings. The summed E-state index contributed by atoms with van der Waals surface area (Å²) in [5.74, 6) is 2.43. The van der Waals surface area contributed by atoms with Crippen molar-refractivity contribution in [2.75, 3.05) is 28.4 Å². The van der Waals surface area contributed by atoms with Gasteiger partial charge in [0.15, 0.2) is 28.8 Å². The van der Waals surface area contributed by atoms with Crippen molar-refractivity contribution in [2.24, 2.45) is 0 Å². The van der Waals surface area contributed by atoms with Crippen LogP contribution in [-0.4, -0.2) is 44.8 Å². The lowest BCUT2D eigenvalue weighted by Gasteiger charge is -2.30. The third-order valence-corrected chi connectivity index (χ3v) is 7.43. The highest BCUT2D eigenvalue weighted by atomic mass is 16.5. The van der Waals surface area contributed by atoms with Crippen LogP contribution < -0.4 is 18.9 Å². The first-order valence-electron chi connectivity index (χ1n) is 12.3. The minimum Gasteiger partial charge on any atom is -0.493 e. The Morgan fingerprint density at radius 1 is 0.838 bits per heavy atom. The van der Waals surface area contributed by atoms with Gasteiger partial charge >= 0.3 is 0 Å². The van der Waals surface area contributed by atoms with E-state index in [9.17, 15) is 4.79 Å². The molecule has 1 aromatic heterocycles. The molecular weight excluding hydrogens is 470 g/mol. The molecule has 0 radical (unpaired) electrons. The number of methoxy groups -OCH3 is 4. The number of hydrogen-bond acceptors (Lipinski definition) is 7. The van der Waals surface area contributed by atoms with Crippen LogP contribution in [0.1, 0.15) is 48.0 Å². The zero-order chi connectivity index (χ0) is 26.0. The van der Waals surface area contributed by atoms with E-state index >= 15 is 0 Å². The smallest absolute Gasteiger partial charge is 0.191 e. The van der Waals surface area contributed by atoms with Crippen LogP contribution in [0.15, 0.2) is 66.5 Å². The SMILES string of the molecule is COc1ccc(C2CCC3(O2)C(=O)C(=Cc2ccncc2)CC3c2ccc(OC)c(OC)c2)cc1OC. The second-order valence-electron chi connectivity index (χ2n) is 9.30. The summed E-state index contributed by atoms with van der Waals surface area (Å²) in [7, 11) is 6.45. The minimum absolute atomic E-state index is 0.0343. The zero-order valence-corrected chi connectivity index (χ0v) is 21.5. The average Bonchev–Trinajstić information content (AvgIpc) is 3.51. The van der Waals surface area contributed by atoms with Crippen LogP contribution in [0, 0.1) is 0 Å². The van der Waals surface area contributed by atoms with E-state index < -0.39 is 5.60 Å². The molecule has 5 rings (SSSR count). The fourth-order valence-electron chi connectivity index (χ4n) is 5.58. The van der Waals surface area contributed by atoms with E-state index in [0.29, 0.717) is 42.3 Å². The molecule has 192 valence electrons. The van der Waals surface area contributed by atoms with Gasteiger partial charge in [0.1, 0.15) is 5.60 Å². The first-order chi connectivity index (χ1) is 18.0. The maximum atomic E-state index is 14.1. The van der Waals surface area contributed by atoms with Gasteiger partial charge in [-0.15, -0.1) is 0 Å². The Kier molecular flexibility index (Phi) is 6.89. The van der Waals surface area contributed by atoms with Gasteiger partial charge in [0.25, 0.3) is 0 Å². The van der Waals surface area contributed by atoms with Crippen LogP contribution in [0.4, 0.5) is 0 Å². The second-order valence-corrected chi connectivity index (χ2v) is 9.30. The summed E-state index contributed by atoms with van der Waals surface area (Å²) >= 11 is 0. The van der Waals surface area contributed by atoms with Gasteiger partial charge in [-0.2, -0.15) is 0 Å². The maximum absolute atomic E-state index is 14.1. The molecule has 2 fully saturated rings. The summed E-state index contributed by atoms with van der Waals surface area (Å²) < 4.78 is 28.7. The van der Waals surface area contributed by atoms with E-state index in [1.54, 1.807) is 40.8 Å². The predicted octanol–water partition coefficient (Wildman–Crippen LogP) is 5.55.